The first kappa shape index (κ1) is 12.4. The molecular formula is C6H9Cl5. The van der Waals surface area contributed by atoms with Gasteiger partial charge in [0.2, 0.25) is 0 Å². The largest absolute Gasteiger partial charge is 0.127 e. The Kier molecular flexibility index (Phi) is 7.82. The van der Waals surface area contributed by atoms with Gasteiger partial charge in [-0.15, -0.1) is 58.0 Å². The lowest BCUT2D eigenvalue weighted by Gasteiger charge is -2.15. The van der Waals surface area contributed by atoms with Crippen LogP contribution < -0.4 is 0 Å². The summed E-state index contributed by atoms with van der Waals surface area (Å²) in [6.45, 7) is 0. The van der Waals surface area contributed by atoms with Crippen LogP contribution in [0.25, 0.3) is 0 Å². The molecule has 0 aromatic heterocycles. The lowest BCUT2D eigenvalue weighted by atomic mass is 10.2. The average molecular weight is 258 g/mol. The third kappa shape index (κ3) is 5.65. The van der Waals surface area contributed by atoms with Crippen LogP contribution in [0, 0.1) is 0 Å². The van der Waals surface area contributed by atoms with E-state index in [1.807, 2.05) is 0 Å². The van der Waals surface area contributed by atoms with Crippen molar-refractivity contribution >= 4 is 58.0 Å². The standard InChI is InChI=1S/C6H9Cl5/c7-3-1-2-4(8)5(9)6(10)11/h4-6H,1-3H2. The Morgan fingerprint density at radius 2 is 1.55 bits per heavy atom. The summed E-state index contributed by atoms with van der Waals surface area (Å²) >= 11 is 28.1. The Morgan fingerprint density at radius 1 is 1.00 bits per heavy atom. The van der Waals surface area contributed by atoms with Crippen LogP contribution in [-0.2, 0) is 0 Å². The molecule has 0 aliphatic rings. The lowest BCUT2D eigenvalue weighted by Crippen LogP contribution is -2.21. The Hall–Kier alpha value is 1.45. The molecule has 0 aliphatic carbocycles. The van der Waals surface area contributed by atoms with E-state index < -0.39 is 10.2 Å². The van der Waals surface area contributed by atoms with Gasteiger partial charge >= 0.3 is 0 Å². The van der Waals surface area contributed by atoms with Gasteiger partial charge in [-0.3, -0.25) is 0 Å². The Morgan fingerprint density at radius 3 is 1.91 bits per heavy atom. The lowest BCUT2D eigenvalue weighted by molar-refractivity contribution is 0.710. The van der Waals surface area contributed by atoms with Crippen LogP contribution >= 0.6 is 58.0 Å². The molecule has 2 unspecified atom stereocenters. The van der Waals surface area contributed by atoms with E-state index in [9.17, 15) is 0 Å². The third-order valence-corrected chi connectivity index (χ3v) is 3.44. The molecule has 0 radical (unpaired) electrons. The van der Waals surface area contributed by atoms with Crippen molar-refractivity contribution in [2.24, 2.45) is 0 Å². The Balaban J connectivity index is 3.55. The van der Waals surface area contributed by atoms with Gasteiger partial charge < -0.3 is 0 Å². The van der Waals surface area contributed by atoms with Crippen LogP contribution in [0.2, 0.25) is 0 Å². The third-order valence-electron chi connectivity index (χ3n) is 1.20. The van der Waals surface area contributed by atoms with Gasteiger partial charge in [-0.05, 0) is 12.8 Å². The van der Waals surface area contributed by atoms with Crippen LogP contribution in [0.5, 0.6) is 0 Å². The van der Waals surface area contributed by atoms with Crippen LogP contribution in [0.1, 0.15) is 12.8 Å². The topological polar surface area (TPSA) is 0 Å². The maximum Gasteiger partial charge on any atom is 0.125 e. The number of halogens is 5. The molecule has 0 amide bonds. The zero-order valence-electron chi connectivity index (χ0n) is 5.74. The van der Waals surface area contributed by atoms with E-state index in [0.29, 0.717) is 5.88 Å². The van der Waals surface area contributed by atoms with Crippen molar-refractivity contribution < 1.29 is 0 Å². The second kappa shape index (κ2) is 6.91. The molecule has 0 saturated carbocycles. The summed E-state index contributed by atoms with van der Waals surface area (Å²) in [6.07, 6.45) is 1.58. The van der Waals surface area contributed by atoms with Gasteiger partial charge in [0.25, 0.3) is 0 Å². The predicted octanol–water partition coefficient (Wildman–Crippen LogP) is 4.02. The van der Waals surface area contributed by atoms with Crippen LogP contribution in [0.4, 0.5) is 0 Å². The van der Waals surface area contributed by atoms with Crippen LogP contribution in [0.15, 0.2) is 0 Å². The molecule has 0 aromatic carbocycles. The Labute approximate surface area is 92.1 Å². The summed E-state index contributed by atoms with van der Waals surface area (Å²) < 4.78 is 0. The zero-order valence-corrected chi connectivity index (χ0v) is 9.52. The maximum absolute atomic E-state index is 5.85. The molecule has 68 valence electrons. The fourth-order valence-corrected chi connectivity index (χ4v) is 1.67. The van der Waals surface area contributed by atoms with Crippen molar-refractivity contribution in [2.45, 2.75) is 28.4 Å². The van der Waals surface area contributed by atoms with Gasteiger partial charge in [0.15, 0.2) is 0 Å². The summed E-state index contributed by atoms with van der Waals surface area (Å²) in [4.78, 5) is -0.616. The minimum absolute atomic E-state index is 0.199. The van der Waals surface area contributed by atoms with Crippen molar-refractivity contribution in [3.8, 4) is 0 Å². The molecule has 5 heteroatoms. The molecule has 0 aliphatic heterocycles. The van der Waals surface area contributed by atoms with Gasteiger partial charge in [0, 0.05) is 5.88 Å². The molecule has 0 N–H and O–H groups in total. The highest BCUT2D eigenvalue weighted by Crippen LogP contribution is 2.24. The fraction of sp³-hybridized carbons (Fsp3) is 1.00. The van der Waals surface area contributed by atoms with Crippen molar-refractivity contribution in [2.75, 3.05) is 5.88 Å². The second-order valence-electron chi connectivity index (χ2n) is 2.13. The van der Waals surface area contributed by atoms with E-state index in [4.69, 9.17) is 58.0 Å². The minimum atomic E-state index is -0.616. The number of rotatable bonds is 5. The highest BCUT2D eigenvalue weighted by Gasteiger charge is 2.22. The van der Waals surface area contributed by atoms with Crippen molar-refractivity contribution in [3.05, 3.63) is 0 Å². The average Bonchev–Trinajstić information content (AvgIpc) is 1.98. The normalized spacial score (nSPS) is 16.9. The van der Waals surface area contributed by atoms with E-state index in [-0.39, 0.29) is 5.38 Å². The SMILES string of the molecule is ClCCCC(Cl)C(Cl)C(Cl)Cl. The minimum Gasteiger partial charge on any atom is -0.127 e. The monoisotopic (exact) mass is 256 g/mol. The molecule has 0 bridgehead atoms. The first-order chi connectivity index (χ1) is 5.09. The number of alkyl halides is 5. The van der Waals surface area contributed by atoms with Gasteiger partial charge in [0.05, 0.1) is 10.8 Å². The van der Waals surface area contributed by atoms with E-state index in [1.54, 1.807) is 0 Å². The van der Waals surface area contributed by atoms with Crippen molar-refractivity contribution in [3.63, 3.8) is 0 Å². The zero-order chi connectivity index (χ0) is 8.85. The maximum atomic E-state index is 5.85. The smallest absolute Gasteiger partial charge is 0.125 e. The Bertz CT molecular complexity index is 95.0. The molecule has 0 saturated heterocycles. The molecule has 0 spiro atoms. The van der Waals surface area contributed by atoms with E-state index in [0.717, 1.165) is 12.8 Å². The fourth-order valence-electron chi connectivity index (χ4n) is 0.589. The first-order valence-corrected chi connectivity index (χ1v) is 5.50. The second-order valence-corrected chi connectivity index (χ2v) is 4.73. The van der Waals surface area contributed by atoms with Gasteiger partial charge in [-0.2, -0.15) is 0 Å². The van der Waals surface area contributed by atoms with Gasteiger partial charge in [0.1, 0.15) is 4.84 Å². The molecular weight excluding hydrogens is 249 g/mol. The van der Waals surface area contributed by atoms with Gasteiger partial charge in [-0.1, -0.05) is 0 Å². The molecule has 11 heavy (non-hydrogen) atoms. The molecule has 0 aromatic rings. The molecule has 0 heterocycles. The van der Waals surface area contributed by atoms with Crippen molar-refractivity contribution in [1.82, 2.24) is 0 Å². The van der Waals surface area contributed by atoms with E-state index in [1.165, 1.54) is 0 Å². The van der Waals surface area contributed by atoms with Crippen LogP contribution in [0.3, 0.4) is 0 Å². The van der Waals surface area contributed by atoms with Gasteiger partial charge in [-0.25, -0.2) is 0 Å². The summed E-state index contributed by atoms with van der Waals surface area (Å²) in [5.41, 5.74) is 0. The molecule has 0 rings (SSSR count). The summed E-state index contributed by atoms with van der Waals surface area (Å²) in [5, 5.41) is -0.598. The van der Waals surface area contributed by atoms with Crippen LogP contribution in [-0.4, -0.2) is 21.5 Å². The highest BCUT2D eigenvalue weighted by molar-refractivity contribution is 6.49. The highest BCUT2D eigenvalue weighted by atomic mass is 35.5. The van der Waals surface area contributed by atoms with Crippen molar-refractivity contribution in [1.29, 1.82) is 0 Å². The number of hydrogen-bond donors (Lipinski definition) is 0. The summed E-state index contributed by atoms with van der Waals surface area (Å²) in [5.74, 6) is 0.585. The molecule has 0 fully saturated rings. The first-order valence-electron chi connectivity index (χ1n) is 3.22. The predicted molar refractivity (Wildman–Crippen MR) is 54.7 cm³/mol. The molecule has 0 nitrogen and oxygen atoms in total. The summed E-state index contributed by atoms with van der Waals surface area (Å²) in [6, 6.07) is 0. The quantitative estimate of drug-likeness (QED) is 0.653. The van der Waals surface area contributed by atoms with E-state index >= 15 is 0 Å². The number of hydrogen-bond acceptors (Lipinski definition) is 0. The molecule has 2 atom stereocenters. The summed E-state index contributed by atoms with van der Waals surface area (Å²) in [7, 11) is 0. The van der Waals surface area contributed by atoms with E-state index in [2.05, 4.69) is 0 Å².